The lowest BCUT2D eigenvalue weighted by Crippen LogP contribution is -2.42. The summed E-state index contributed by atoms with van der Waals surface area (Å²) in [4.78, 5) is 14.8. The summed E-state index contributed by atoms with van der Waals surface area (Å²) in [5, 5.41) is 0. The molecule has 2 nitrogen and oxygen atoms in total. The Morgan fingerprint density at radius 2 is 1.77 bits per heavy atom. The van der Waals surface area contributed by atoms with Crippen LogP contribution in [0.5, 0.6) is 0 Å². The number of Topliss-reactive ketones (excluding diaryl/α,β-unsaturated/α-hetero) is 1. The number of rotatable bonds is 2. The first-order valence-electron chi connectivity index (χ1n) is 7.40. The van der Waals surface area contributed by atoms with Crippen LogP contribution in [0.4, 0.5) is 17.6 Å². The lowest BCUT2D eigenvalue weighted by Gasteiger charge is -2.35. The van der Waals surface area contributed by atoms with Crippen molar-refractivity contribution in [1.82, 2.24) is 4.90 Å². The van der Waals surface area contributed by atoms with Crippen LogP contribution in [0, 0.1) is 11.7 Å². The Morgan fingerprint density at radius 1 is 1.18 bits per heavy atom. The molecule has 2 heterocycles. The van der Waals surface area contributed by atoms with Gasteiger partial charge in [0.2, 0.25) is 0 Å². The van der Waals surface area contributed by atoms with Gasteiger partial charge in [-0.25, -0.2) is 4.39 Å². The lowest BCUT2D eigenvalue weighted by molar-refractivity contribution is -0.138. The molecule has 0 N–H and O–H groups in total. The number of hydrogen-bond donors (Lipinski definition) is 0. The summed E-state index contributed by atoms with van der Waals surface area (Å²) in [6.07, 6.45) is -1.58. The van der Waals surface area contributed by atoms with Crippen LogP contribution in [0.25, 0.3) is 0 Å². The maximum Gasteiger partial charge on any atom is 0.417 e. The second-order valence-corrected chi connectivity index (χ2v) is 6.27. The van der Waals surface area contributed by atoms with Crippen LogP contribution in [0.15, 0.2) is 18.2 Å². The second kappa shape index (κ2) is 5.33. The summed E-state index contributed by atoms with van der Waals surface area (Å²) < 4.78 is 52.3. The van der Waals surface area contributed by atoms with Gasteiger partial charge in [0, 0.05) is 23.6 Å². The number of fused-ring (bicyclic) bond motifs is 2. The fraction of sp³-hybridized carbons (Fsp3) is 0.562. The van der Waals surface area contributed by atoms with Crippen molar-refractivity contribution in [2.24, 2.45) is 5.92 Å². The number of benzene rings is 1. The molecule has 22 heavy (non-hydrogen) atoms. The highest BCUT2D eigenvalue weighted by molar-refractivity contribution is 5.99. The smallest absolute Gasteiger partial charge is 0.300 e. The van der Waals surface area contributed by atoms with Crippen molar-refractivity contribution in [3.63, 3.8) is 0 Å². The van der Waals surface area contributed by atoms with Crippen LogP contribution in [-0.4, -0.2) is 29.8 Å². The highest BCUT2D eigenvalue weighted by Crippen LogP contribution is 2.40. The molecule has 2 atom stereocenters. The predicted octanol–water partition coefficient (Wildman–Crippen LogP) is 3.90. The number of hydrogen-bond acceptors (Lipinski definition) is 2. The van der Waals surface area contributed by atoms with Crippen LogP contribution in [0.3, 0.4) is 0 Å². The molecule has 2 aliphatic heterocycles. The molecule has 0 amide bonds. The topological polar surface area (TPSA) is 20.3 Å². The first kappa shape index (κ1) is 15.5. The average molecular weight is 315 g/mol. The van der Waals surface area contributed by atoms with Gasteiger partial charge in [0.15, 0.2) is 5.78 Å². The van der Waals surface area contributed by atoms with Crippen molar-refractivity contribution >= 4 is 5.78 Å². The Balaban J connectivity index is 1.90. The molecule has 6 heteroatoms. The molecular formula is C16H17F4NO. The number of nitrogens with zero attached hydrogens (tertiary/aromatic N) is 1. The van der Waals surface area contributed by atoms with E-state index in [4.69, 9.17) is 0 Å². The summed E-state index contributed by atoms with van der Waals surface area (Å²) in [6.45, 7) is 0. The maximum atomic E-state index is 13.2. The van der Waals surface area contributed by atoms with E-state index in [1.54, 1.807) is 0 Å². The normalized spacial score (nSPS) is 28.9. The molecule has 2 unspecified atom stereocenters. The van der Waals surface area contributed by atoms with Gasteiger partial charge in [-0.1, -0.05) is 0 Å². The predicted molar refractivity (Wildman–Crippen MR) is 73.0 cm³/mol. The van der Waals surface area contributed by atoms with Crippen LogP contribution < -0.4 is 0 Å². The van der Waals surface area contributed by atoms with Crippen molar-refractivity contribution in [2.75, 3.05) is 7.05 Å². The molecule has 2 bridgehead atoms. The summed E-state index contributed by atoms with van der Waals surface area (Å²) in [6, 6.07) is 2.84. The Bertz CT molecular complexity index is 584. The number of halogens is 4. The fourth-order valence-corrected chi connectivity index (χ4v) is 3.81. The van der Waals surface area contributed by atoms with Gasteiger partial charge >= 0.3 is 6.18 Å². The van der Waals surface area contributed by atoms with E-state index < -0.39 is 34.8 Å². The number of ketones is 1. The second-order valence-electron chi connectivity index (χ2n) is 6.27. The van der Waals surface area contributed by atoms with Gasteiger partial charge in [-0.2, -0.15) is 13.2 Å². The quantitative estimate of drug-likeness (QED) is 0.609. The molecule has 0 spiro atoms. The van der Waals surface area contributed by atoms with E-state index in [1.807, 2.05) is 7.05 Å². The average Bonchev–Trinajstić information content (AvgIpc) is 2.67. The monoisotopic (exact) mass is 315 g/mol. The number of alkyl halides is 3. The van der Waals surface area contributed by atoms with Gasteiger partial charge in [0.1, 0.15) is 5.82 Å². The van der Waals surface area contributed by atoms with Crippen molar-refractivity contribution in [3.05, 3.63) is 35.1 Å². The van der Waals surface area contributed by atoms with E-state index in [-0.39, 0.29) is 12.1 Å². The molecule has 0 aliphatic carbocycles. The first-order chi connectivity index (χ1) is 10.3. The molecule has 3 rings (SSSR count). The van der Waals surface area contributed by atoms with Crippen LogP contribution in [0.2, 0.25) is 0 Å². The van der Waals surface area contributed by atoms with Crippen molar-refractivity contribution in [1.29, 1.82) is 0 Å². The van der Waals surface area contributed by atoms with Gasteiger partial charge in [0.25, 0.3) is 0 Å². The van der Waals surface area contributed by atoms with Crippen LogP contribution in [0.1, 0.15) is 41.6 Å². The molecule has 0 aromatic heterocycles. The fourth-order valence-electron chi connectivity index (χ4n) is 3.81. The molecule has 2 aliphatic rings. The summed E-state index contributed by atoms with van der Waals surface area (Å²) in [7, 11) is 2.00. The van der Waals surface area contributed by atoms with Crippen molar-refractivity contribution < 1.29 is 22.4 Å². The molecule has 2 fully saturated rings. The Hall–Kier alpha value is -1.43. The van der Waals surface area contributed by atoms with Crippen LogP contribution in [-0.2, 0) is 6.18 Å². The number of piperidine rings is 1. The standard InChI is InChI=1S/C16H17F4NO/c1-21-11-3-4-12(21)7-9(6-11)15(22)13-5-2-10(17)8-14(13)16(18,19)20/h2,5,8-9,11-12H,3-4,6-7H2,1H3. The molecule has 0 saturated carbocycles. The minimum atomic E-state index is -4.72. The molecule has 2 saturated heterocycles. The van der Waals surface area contributed by atoms with E-state index in [2.05, 4.69) is 4.90 Å². The highest BCUT2D eigenvalue weighted by Gasteiger charge is 2.43. The van der Waals surface area contributed by atoms with Crippen LogP contribution >= 0.6 is 0 Å². The third-order valence-corrected chi connectivity index (χ3v) is 5.02. The summed E-state index contributed by atoms with van der Waals surface area (Å²) in [5.74, 6) is -1.88. The molecule has 1 aromatic carbocycles. The maximum absolute atomic E-state index is 13.2. The van der Waals surface area contributed by atoms with Crippen molar-refractivity contribution in [2.45, 2.75) is 43.9 Å². The zero-order chi connectivity index (χ0) is 16.1. The van der Waals surface area contributed by atoms with E-state index in [1.165, 1.54) is 0 Å². The molecular weight excluding hydrogens is 298 g/mol. The first-order valence-corrected chi connectivity index (χ1v) is 7.40. The van der Waals surface area contributed by atoms with Gasteiger partial charge < -0.3 is 4.90 Å². The Kier molecular flexibility index (Phi) is 3.75. The number of carbonyl (C=O) groups excluding carboxylic acids is 1. The zero-order valence-corrected chi connectivity index (χ0v) is 12.2. The lowest BCUT2D eigenvalue weighted by atomic mass is 9.83. The molecule has 1 aromatic rings. The summed E-state index contributed by atoms with van der Waals surface area (Å²) in [5.41, 5.74) is -1.56. The van der Waals surface area contributed by atoms with Gasteiger partial charge in [0.05, 0.1) is 5.56 Å². The van der Waals surface area contributed by atoms with Gasteiger partial charge in [-0.3, -0.25) is 4.79 Å². The molecule has 0 radical (unpaired) electrons. The van der Waals surface area contributed by atoms with E-state index in [9.17, 15) is 22.4 Å². The van der Waals surface area contributed by atoms with E-state index >= 15 is 0 Å². The van der Waals surface area contributed by atoms with Gasteiger partial charge in [-0.05, 0) is 50.9 Å². The third-order valence-electron chi connectivity index (χ3n) is 5.02. The van der Waals surface area contributed by atoms with E-state index in [0.29, 0.717) is 18.9 Å². The Morgan fingerprint density at radius 3 is 2.32 bits per heavy atom. The van der Waals surface area contributed by atoms with E-state index in [0.717, 1.165) is 25.0 Å². The summed E-state index contributed by atoms with van der Waals surface area (Å²) >= 11 is 0. The largest absolute Gasteiger partial charge is 0.417 e. The van der Waals surface area contributed by atoms with Crippen molar-refractivity contribution in [3.8, 4) is 0 Å². The SMILES string of the molecule is CN1C2CCC1CC(C(=O)c1ccc(F)cc1C(F)(F)F)C2. The van der Waals surface area contributed by atoms with Gasteiger partial charge in [-0.15, -0.1) is 0 Å². The zero-order valence-electron chi connectivity index (χ0n) is 12.2. The molecule has 120 valence electrons. The Labute approximate surface area is 126 Å². The minimum Gasteiger partial charge on any atom is -0.300 e. The number of carbonyl (C=O) groups is 1. The highest BCUT2D eigenvalue weighted by atomic mass is 19.4. The minimum absolute atomic E-state index is 0.266. The third kappa shape index (κ3) is 2.64.